The Bertz CT molecular complexity index is 840. The number of halogens is 2. The molecule has 0 radical (unpaired) electrons. The number of nitrogens with zero attached hydrogens (tertiary/aromatic N) is 1. The lowest BCUT2D eigenvalue weighted by atomic mass is 10.2. The minimum absolute atomic E-state index is 0.0279. The summed E-state index contributed by atoms with van der Waals surface area (Å²) in [5.41, 5.74) is 2.24. The molecule has 0 bridgehead atoms. The maximum Gasteiger partial charge on any atom is 0.189 e. The van der Waals surface area contributed by atoms with E-state index in [4.69, 9.17) is 4.74 Å². The van der Waals surface area contributed by atoms with Crippen molar-refractivity contribution in [2.45, 2.75) is 0 Å². The standard InChI is InChI=1S/C17H13FINO2/c1-22-14-6-7-15-11(8-14)9-16(17(21)10-19)20(15)13-4-2-12(18)3-5-13/h2-9H,10H2,1H3. The summed E-state index contributed by atoms with van der Waals surface area (Å²) in [6.45, 7) is 0. The molecule has 1 aromatic heterocycles. The SMILES string of the molecule is COc1ccc2c(c1)cc(C(=O)CI)n2-c1ccc(F)cc1. The highest BCUT2D eigenvalue weighted by Crippen LogP contribution is 2.28. The number of aromatic nitrogens is 1. The van der Waals surface area contributed by atoms with E-state index in [1.54, 1.807) is 19.2 Å². The minimum Gasteiger partial charge on any atom is -0.497 e. The fraction of sp³-hybridized carbons (Fsp3) is 0.118. The van der Waals surface area contributed by atoms with E-state index in [-0.39, 0.29) is 11.6 Å². The van der Waals surface area contributed by atoms with E-state index >= 15 is 0 Å². The summed E-state index contributed by atoms with van der Waals surface area (Å²) >= 11 is 2.05. The van der Waals surface area contributed by atoms with Gasteiger partial charge in [0.1, 0.15) is 11.6 Å². The van der Waals surface area contributed by atoms with E-state index in [1.165, 1.54) is 12.1 Å². The minimum atomic E-state index is -0.302. The van der Waals surface area contributed by atoms with E-state index in [0.29, 0.717) is 10.1 Å². The molecule has 0 saturated carbocycles. The predicted molar refractivity (Wildman–Crippen MR) is 93.0 cm³/mol. The van der Waals surface area contributed by atoms with Crippen molar-refractivity contribution in [1.82, 2.24) is 4.57 Å². The van der Waals surface area contributed by atoms with Gasteiger partial charge in [-0.15, -0.1) is 0 Å². The van der Waals surface area contributed by atoms with Gasteiger partial charge < -0.3 is 9.30 Å². The molecule has 5 heteroatoms. The second kappa shape index (κ2) is 6.08. The summed E-state index contributed by atoms with van der Waals surface area (Å²) in [7, 11) is 1.61. The van der Waals surface area contributed by atoms with Crippen molar-refractivity contribution in [1.29, 1.82) is 0 Å². The average Bonchev–Trinajstić information content (AvgIpc) is 2.93. The summed E-state index contributed by atoms with van der Waals surface area (Å²) < 4.78 is 20.6. The van der Waals surface area contributed by atoms with E-state index in [9.17, 15) is 9.18 Å². The van der Waals surface area contributed by atoms with Gasteiger partial charge >= 0.3 is 0 Å². The van der Waals surface area contributed by atoms with Crippen LogP contribution in [0.1, 0.15) is 10.5 Å². The lowest BCUT2D eigenvalue weighted by Crippen LogP contribution is -2.08. The highest BCUT2D eigenvalue weighted by atomic mass is 127. The molecule has 0 N–H and O–H groups in total. The van der Waals surface area contributed by atoms with Crippen molar-refractivity contribution < 1.29 is 13.9 Å². The first-order chi connectivity index (χ1) is 10.6. The van der Waals surface area contributed by atoms with Crippen molar-refractivity contribution in [2.75, 3.05) is 11.5 Å². The molecule has 22 heavy (non-hydrogen) atoms. The molecule has 112 valence electrons. The Hall–Kier alpha value is -1.89. The van der Waals surface area contributed by atoms with Crippen LogP contribution in [0.25, 0.3) is 16.6 Å². The molecule has 2 aromatic carbocycles. The maximum absolute atomic E-state index is 13.2. The zero-order valence-corrected chi connectivity index (χ0v) is 14.0. The number of benzene rings is 2. The van der Waals surface area contributed by atoms with E-state index in [1.807, 2.05) is 51.4 Å². The third kappa shape index (κ3) is 2.61. The molecule has 0 aliphatic carbocycles. The Kier molecular flexibility index (Phi) is 4.15. The van der Waals surface area contributed by atoms with Gasteiger partial charge in [-0.3, -0.25) is 4.79 Å². The van der Waals surface area contributed by atoms with Crippen molar-refractivity contribution in [3.05, 3.63) is 60.0 Å². The summed E-state index contributed by atoms with van der Waals surface area (Å²) in [6.07, 6.45) is 0. The number of fused-ring (bicyclic) bond motifs is 1. The molecule has 3 rings (SSSR count). The summed E-state index contributed by atoms with van der Waals surface area (Å²) in [5, 5.41) is 0.914. The molecule has 0 aliphatic heterocycles. The van der Waals surface area contributed by atoms with Crippen molar-refractivity contribution in [2.24, 2.45) is 0 Å². The topological polar surface area (TPSA) is 31.2 Å². The number of carbonyl (C=O) groups is 1. The molecule has 0 fully saturated rings. The van der Waals surface area contributed by atoms with Crippen LogP contribution in [0, 0.1) is 5.82 Å². The van der Waals surface area contributed by atoms with Crippen LogP contribution >= 0.6 is 22.6 Å². The molecule has 0 saturated heterocycles. The Balaban J connectivity index is 2.29. The Morgan fingerprint density at radius 1 is 1.18 bits per heavy atom. The largest absolute Gasteiger partial charge is 0.497 e. The van der Waals surface area contributed by atoms with Gasteiger partial charge in [0.15, 0.2) is 5.78 Å². The molecule has 0 aliphatic rings. The van der Waals surface area contributed by atoms with Crippen LogP contribution in [0.5, 0.6) is 5.75 Å². The molecule has 0 atom stereocenters. The van der Waals surface area contributed by atoms with Gasteiger partial charge in [-0.1, -0.05) is 22.6 Å². The van der Waals surface area contributed by atoms with Crippen molar-refractivity contribution in [3.8, 4) is 11.4 Å². The number of ether oxygens (including phenoxy) is 1. The van der Waals surface area contributed by atoms with E-state index < -0.39 is 0 Å². The smallest absolute Gasteiger partial charge is 0.189 e. The Morgan fingerprint density at radius 3 is 2.55 bits per heavy atom. The quantitative estimate of drug-likeness (QED) is 0.364. The molecular weight excluding hydrogens is 396 g/mol. The number of hydrogen-bond acceptors (Lipinski definition) is 2. The van der Waals surface area contributed by atoms with Gasteiger partial charge in [-0.25, -0.2) is 4.39 Å². The lowest BCUT2D eigenvalue weighted by molar-refractivity contribution is 0.101. The van der Waals surface area contributed by atoms with Gasteiger partial charge in [0.05, 0.1) is 22.7 Å². The molecule has 0 amide bonds. The number of methoxy groups -OCH3 is 1. The first-order valence-electron chi connectivity index (χ1n) is 6.68. The van der Waals surface area contributed by atoms with Gasteiger partial charge in [0, 0.05) is 11.1 Å². The maximum atomic E-state index is 13.2. The number of Topliss-reactive ketones (excluding diaryl/α,β-unsaturated/α-hetero) is 1. The van der Waals surface area contributed by atoms with Crippen LogP contribution in [0.3, 0.4) is 0 Å². The first kappa shape index (κ1) is 15.0. The van der Waals surface area contributed by atoms with Crippen LogP contribution in [0.2, 0.25) is 0 Å². The molecular formula is C17H13FINO2. The van der Waals surface area contributed by atoms with Crippen LogP contribution in [-0.2, 0) is 0 Å². The third-order valence-electron chi connectivity index (χ3n) is 3.50. The van der Waals surface area contributed by atoms with E-state index in [2.05, 4.69) is 0 Å². The Morgan fingerprint density at radius 2 is 1.91 bits per heavy atom. The molecule has 0 spiro atoms. The van der Waals surface area contributed by atoms with Gasteiger partial charge in [0.25, 0.3) is 0 Å². The summed E-state index contributed by atoms with van der Waals surface area (Å²) in [5.74, 6) is 0.459. The van der Waals surface area contributed by atoms with Gasteiger partial charge in [0.2, 0.25) is 0 Å². The van der Waals surface area contributed by atoms with Gasteiger partial charge in [-0.05, 0) is 48.5 Å². The number of ketones is 1. The highest BCUT2D eigenvalue weighted by molar-refractivity contribution is 14.1. The molecule has 3 nitrogen and oxygen atoms in total. The van der Waals surface area contributed by atoms with Crippen molar-refractivity contribution in [3.63, 3.8) is 0 Å². The molecule has 1 heterocycles. The average molecular weight is 409 g/mol. The van der Waals surface area contributed by atoms with Crippen molar-refractivity contribution >= 4 is 39.3 Å². The predicted octanol–water partition coefficient (Wildman–Crippen LogP) is 4.40. The number of alkyl halides is 1. The highest BCUT2D eigenvalue weighted by Gasteiger charge is 2.16. The lowest BCUT2D eigenvalue weighted by Gasteiger charge is -2.10. The number of carbonyl (C=O) groups excluding carboxylic acids is 1. The van der Waals surface area contributed by atoms with Gasteiger partial charge in [-0.2, -0.15) is 0 Å². The fourth-order valence-electron chi connectivity index (χ4n) is 2.46. The third-order valence-corrected chi connectivity index (χ3v) is 4.19. The zero-order valence-electron chi connectivity index (χ0n) is 11.8. The summed E-state index contributed by atoms with van der Waals surface area (Å²) in [6, 6.07) is 13.6. The normalized spacial score (nSPS) is 10.9. The Labute approximate surface area is 140 Å². The monoisotopic (exact) mass is 409 g/mol. The van der Waals surface area contributed by atoms with Crippen LogP contribution in [0.4, 0.5) is 4.39 Å². The van der Waals surface area contributed by atoms with Crippen LogP contribution < -0.4 is 4.74 Å². The zero-order chi connectivity index (χ0) is 15.7. The fourth-order valence-corrected chi connectivity index (χ4v) is 2.85. The second-order valence-electron chi connectivity index (χ2n) is 4.82. The number of rotatable bonds is 4. The van der Waals surface area contributed by atoms with E-state index in [0.717, 1.165) is 22.3 Å². The molecule has 3 aromatic rings. The molecule has 0 unspecified atom stereocenters. The van der Waals surface area contributed by atoms with Crippen LogP contribution in [0.15, 0.2) is 48.5 Å². The number of hydrogen-bond donors (Lipinski definition) is 0. The first-order valence-corrected chi connectivity index (χ1v) is 8.21. The van der Waals surface area contributed by atoms with Crippen LogP contribution in [-0.4, -0.2) is 21.9 Å². The second-order valence-corrected chi connectivity index (χ2v) is 5.59. The summed E-state index contributed by atoms with van der Waals surface area (Å²) in [4.78, 5) is 12.3.